The molecule has 43 heavy (non-hydrogen) atoms. The first-order valence-electron chi connectivity index (χ1n) is 15.3. The van der Waals surface area contributed by atoms with Gasteiger partial charge in [0, 0.05) is 38.4 Å². The fourth-order valence-corrected chi connectivity index (χ4v) is 4.89. The van der Waals surface area contributed by atoms with Crippen molar-refractivity contribution in [1.82, 2.24) is 31.9 Å². The topological polar surface area (TPSA) is 158 Å². The number of amides is 4. The Morgan fingerprint density at radius 3 is 2.37 bits per heavy atom. The minimum Gasteiger partial charge on any atom is -0.375 e. The second-order valence-electron chi connectivity index (χ2n) is 11.7. The second kappa shape index (κ2) is 17.3. The third-order valence-electron chi connectivity index (χ3n) is 7.84. The van der Waals surface area contributed by atoms with E-state index >= 15 is 0 Å². The predicted octanol–water partition coefficient (Wildman–Crippen LogP) is 2.21. The van der Waals surface area contributed by atoms with Crippen LogP contribution in [0.4, 0.5) is 0 Å². The summed E-state index contributed by atoms with van der Waals surface area (Å²) in [5.74, 6) is -2.18. The van der Waals surface area contributed by atoms with Crippen molar-refractivity contribution >= 4 is 29.4 Å². The molecule has 238 valence electrons. The van der Waals surface area contributed by atoms with E-state index in [9.17, 15) is 24.0 Å². The van der Waals surface area contributed by atoms with Gasteiger partial charge in [-0.2, -0.15) is 0 Å². The van der Waals surface area contributed by atoms with Crippen molar-refractivity contribution in [2.75, 3.05) is 20.1 Å². The van der Waals surface area contributed by atoms with Crippen LogP contribution in [0.25, 0.3) is 0 Å². The maximum atomic E-state index is 13.8. The molecule has 1 saturated heterocycles. The van der Waals surface area contributed by atoms with Crippen molar-refractivity contribution in [1.29, 1.82) is 0 Å². The van der Waals surface area contributed by atoms with Crippen LogP contribution in [0.3, 0.4) is 0 Å². The van der Waals surface area contributed by atoms with Gasteiger partial charge < -0.3 is 31.9 Å². The molecule has 0 saturated carbocycles. The van der Waals surface area contributed by atoms with Crippen molar-refractivity contribution in [3.05, 3.63) is 48.3 Å². The monoisotopic (exact) mass is 598 g/mol. The van der Waals surface area contributed by atoms with E-state index in [4.69, 9.17) is 0 Å². The highest BCUT2D eigenvalue weighted by atomic mass is 16.2. The SMILES string of the molecule is C=C(NC)NCCC[C@@H]1CC(=O)[C@@](C)(NC(=O)C(C)C)CCCCNC(=O)[C@H](c2ccccc2)NC(=O)[C@H](CC)NC1=O. The Bertz CT molecular complexity index is 1120. The Morgan fingerprint density at radius 2 is 1.74 bits per heavy atom. The lowest BCUT2D eigenvalue weighted by molar-refractivity contribution is -0.137. The summed E-state index contributed by atoms with van der Waals surface area (Å²) in [6.45, 7) is 11.7. The predicted molar refractivity (Wildman–Crippen MR) is 166 cm³/mol. The Labute approximate surface area is 255 Å². The van der Waals surface area contributed by atoms with Gasteiger partial charge >= 0.3 is 0 Å². The number of carbonyl (C=O) groups excluding carboxylic acids is 5. The van der Waals surface area contributed by atoms with E-state index in [1.165, 1.54) is 0 Å². The van der Waals surface area contributed by atoms with Gasteiger partial charge in [0.2, 0.25) is 23.6 Å². The van der Waals surface area contributed by atoms with Crippen LogP contribution in [-0.2, 0) is 24.0 Å². The molecule has 6 N–H and O–H groups in total. The first-order chi connectivity index (χ1) is 20.4. The van der Waals surface area contributed by atoms with E-state index in [-0.39, 0.29) is 36.4 Å². The van der Waals surface area contributed by atoms with E-state index in [1.54, 1.807) is 59.0 Å². The molecule has 0 radical (unpaired) electrons. The molecule has 0 spiro atoms. The van der Waals surface area contributed by atoms with Gasteiger partial charge in [0.05, 0.1) is 11.4 Å². The average Bonchev–Trinajstić information content (AvgIpc) is 2.99. The summed E-state index contributed by atoms with van der Waals surface area (Å²) in [7, 11) is 1.75. The normalized spacial score (nSPS) is 24.4. The molecule has 0 unspecified atom stereocenters. The smallest absolute Gasteiger partial charge is 0.247 e. The molecule has 0 bridgehead atoms. The summed E-state index contributed by atoms with van der Waals surface area (Å²) in [5.41, 5.74) is -0.563. The van der Waals surface area contributed by atoms with Gasteiger partial charge in [-0.05, 0) is 51.0 Å². The van der Waals surface area contributed by atoms with Crippen molar-refractivity contribution < 1.29 is 24.0 Å². The Kier molecular flexibility index (Phi) is 14.2. The van der Waals surface area contributed by atoms with Gasteiger partial charge in [-0.3, -0.25) is 24.0 Å². The largest absolute Gasteiger partial charge is 0.375 e. The Morgan fingerprint density at radius 1 is 1.05 bits per heavy atom. The third-order valence-corrected chi connectivity index (χ3v) is 7.84. The zero-order valence-electron chi connectivity index (χ0n) is 26.3. The molecule has 11 heteroatoms. The lowest BCUT2D eigenvalue weighted by Gasteiger charge is -2.32. The van der Waals surface area contributed by atoms with Crippen LogP contribution in [0, 0.1) is 11.8 Å². The molecular formula is C32H50N6O5. The Balaban J connectivity index is 2.40. The number of carbonyl (C=O) groups is 5. The molecule has 1 aromatic carbocycles. The highest BCUT2D eigenvalue weighted by Gasteiger charge is 2.38. The highest BCUT2D eigenvalue weighted by molar-refractivity contribution is 5.97. The van der Waals surface area contributed by atoms with Crippen LogP contribution < -0.4 is 31.9 Å². The van der Waals surface area contributed by atoms with E-state index in [0.717, 1.165) is 0 Å². The van der Waals surface area contributed by atoms with E-state index in [0.29, 0.717) is 56.6 Å². The molecule has 11 nitrogen and oxygen atoms in total. The fourth-order valence-electron chi connectivity index (χ4n) is 4.89. The van der Waals surface area contributed by atoms with Crippen LogP contribution in [0.5, 0.6) is 0 Å². The fraction of sp³-hybridized carbons (Fsp3) is 0.594. The van der Waals surface area contributed by atoms with Crippen LogP contribution in [0.15, 0.2) is 42.7 Å². The van der Waals surface area contributed by atoms with Crippen molar-refractivity contribution in [3.63, 3.8) is 0 Å². The summed E-state index contributed by atoms with van der Waals surface area (Å²) >= 11 is 0. The molecular weight excluding hydrogens is 548 g/mol. The molecule has 0 aromatic heterocycles. The summed E-state index contributed by atoms with van der Waals surface area (Å²) < 4.78 is 0. The molecule has 1 aliphatic heterocycles. The minimum atomic E-state index is -1.19. The van der Waals surface area contributed by atoms with Crippen LogP contribution in [-0.4, -0.2) is 61.1 Å². The van der Waals surface area contributed by atoms with Gasteiger partial charge in [-0.1, -0.05) is 57.7 Å². The van der Waals surface area contributed by atoms with Gasteiger partial charge in [0.15, 0.2) is 5.78 Å². The summed E-state index contributed by atoms with van der Waals surface area (Å²) in [5, 5.41) is 17.5. The van der Waals surface area contributed by atoms with E-state index < -0.39 is 35.4 Å². The van der Waals surface area contributed by atoms with Gasteiger partial charge in [-0.25, -0.2) is 0 Å². The quantitative estimate of drug-likeness (QED) is 0.225. The number of Topliss-reactive ketones (excluding diaryl/α,β-unsaturated/α-hetero) is 1. The molecule has 4 atom stereocenters. The van der Waals surface area contributed by atoms with Gasteiger partial charge in [-0.15, -0.1) is 0 Å². The number of rotatable bonds is 10. The number of benzene rings is 1. The molecule has 1 heterocycles. The maximum Gasteiger partial charge on any atom is 0.247 e. The standard InChI is InChI=1S/C32H50N6O5/c1-7-25-30(42)37-27(23-14-9-8-10-15-23)31(43)35-18-12-11-17-32(5,38-28(40)21(2)3)26(39)20-24(29(41)36-25)16-13-19-34-22(4)33-6/h8-10,14-15,21,24-25,27,33-34H,4,7,11-13,16-20H2,1-3,5-6H3,(H,35,43)(H,36,41)(H,37,42)(H,38,40)/t24-,25+,27+,32+/m1/s1. The zero-order valence-corrected chi connectivity index (χ0v) is 26.3. The number of hydrogen-bond donors (Lipinski definition) is 6. The van der Waals surface area contributed by atoms with Gasteiger partial charge in [0.1, 0.15) is 12.1 Å². The lowest BCUT2D eigenvalue weighted by Crippen LogP contribution is -2.55. The van der Waals surface area contributed by atoms with Crippen LogP contribution in [0.1, 0.15) is 84.2 Å². The molecule has 4 amide bonds. The average molecular weight is 599 g/mol. The summed E-state index contributed by atoms with van der Waals surface area (Å²) in [4.78, 5) is 66.8. The van der Waals surface area contributed by atoms with Crippen molar-refractivity contribution in [2.45, 2.75) is 90.3 Å². The summed E-state index contributed by atoms with van der Waals surface area (Å²) in [6.07, 6.45) is 2.61. The minimum absolute atomic E-state index is 0.0882. The number of hydrogen-bond acceptors (Lipinski definition) is 7. The summed E-state index contributed by atoms with van der Waals surface area (Å²) in [6, 6.07) is 7.10. The van der Waals surface area contributed by atoms with Crippen molar-refractivity contribution in [3.8, 4) is 0 Å². The number of ketones is 1. The highest BCUT2D eigenvalue weighted by Crippen LogP contribution is 2.24. The zero-order chi connectivity index (χ0) is 32.0. The maximum absolute atomic E-state index is 13.8. The first kappa shape index (κ1) is 35.3. The molecule has 2 rings (SSSR count). The first-order valence-corrected chi connectivity index (χ1v) is 15.3. The van der Waals surface area contributed by atoms with Gasteiger partial charge in [0.25, 0.3) is 0 Å². The third kappa shape index (κ3) is 11.0. The van der Waals surface area contributed by atoms with Crippen LogP contribution in [0.2, 0.25) is 0 Å². The van der Waals surface area contributed by atoms with Crippen molar-refractivity contribution in [2.24, 2.45) is 11.8 Å². The van der Waals surface area contributed by atoms with Crippen LogP contribution >= 0.6 is 0 Å². The molecule has 0 aliphatic carbocycles. The van der Waals surface area contributed by atoms with E-state index in [1.807, 2.05) is 6.07 Å². The molecule has 1 aromatic rings. The second-order valence-corrected chi connectivity index (χ2v) is 11.7. The molecule has 1 fully saturated rings. The number of nitrogens with one attached hydrogen (secondary N) is 6. The molecule has 1 aliphatic rings. The lowest BCUT2D eigenvalue weighted by atomic mass is 9.83. The Hall–Kier alpha value is -3.89. The van der Waals surface area contributed by atoms with E-state index in [2.05, 4.69) is 38.5 Å².